The third-order valence-electron chi connectivity index (χ3n) is 2.02. The summed E-state index contributed by atoms with van der Waals surface area (Å²) < 4.78 is 7.32. The van der Waals surface area contributed by atoms with Gasteiger partial charge in [-0.15, -0.1) is 0 Å². The molecular weight excluding hydrogens is 310 g/mol. The third kappa shape index (κ3) is 3.05. The Hall–Kier alpha value is 0.1000. The van der Waals surface area contributed by atoms with E-state index in [0.29, 0.717) is 6.61 Å². The number of hydrogen-bond donors (Lipinski definition) is 1. The summed E-state index contributed by atoms with van der Waals surface area (Å²) in [4.78, 5) is 0. The van der Waals surface area contributed by atoms with Crippen LogP contribution in [0.2, 0.25) is 0 Å². The molecule has 1 aromatic carbocycles. The number of methoxy groups -OCH3 is 1. The molecule has 0 radical (unpaired) electrons. The van der Waals surface area contributed by atoms with Gasteiger partial charge in [0.15, 0.2) is 0 Å². The van der Waals surface area contributed by atoms with E-state index in [0.717, 1.165) is 8.95 Å². The predicted molar refractivity (Wildman–Crippen MR) is 65.5 cm³/mol. The maximum atomic E-state index is 5.15. The van der Waals surface area contributed by atoms with Crippen molar-refractivity contribution < 1.29 is 4.74 Å². The molecule has 1 atom stereocenters. The van der Waals surface area contributed by atoms with Crippen LogP contribution in [0, 0.1) is 0 Å². The van der Waals surface area contributed by atoms with E-state index in [2.05, 4.69) is 43.2 Å². The topological polar surface area (TPSA) is 21.3 Å². The van der Waals surface area contributed by atoms with Crippen LogP contribution in [-0.4, -0.2) is 20.8 Å². The highest BCUT2D eigenvalue weighted by atomic mass is 79.9. The standard InChI is InChI=1S/C10H13Br2NO/c1-13-10(6-14-2)8-5-7(11)3-4-9(8)12/h3-5,10,13H,6H2,1-2H3. The summed E-state index contributed by atoms with van der Waals surface area (Å²) in [6.45, 7) is 0.658. The highest BCUT2D eigenvalue weighted by Gasteiger charge is 2.12. The number of rotatable bonds is 4. The number of hydrogen-bond acceptors (Lipinski definition) is 2. The van der Waals surface area contributed by atoms with Gasteiger partial charge in [-0.3, -0.25) is 0 Å². The van der Waals surface area contributed by atoms with Crippen LogP contribution < -0.4 is 5.32 Å². The number of likely N-dealkylation sites (N-methyl/N-ethyl adjacent to an activating group) is 1. The van der Waals surface area contributed by atoms with E-state index in [4.69, 9.17) is 4.74 Å². The lowest BCUT2D eigenvalue weighted by Gasteiger charge is -2.17. The van der Waals surface area contributed by atoms with Gasteiger partial charge in [0, 0.05) is 16.1 Å². The minimum absolute atomic E-state index is 0.215. The highest BCUT2D eigenvalue weighted by Crippen LogP contribution is 2.26. The molecule has 0 aromatic heterocycles. The Kier molecular flexibility index (Phi) is 5.09. The minimum Gasteiger partial charge on any atom is -0.383 e. The maximum Gasteiger partial charge on any atom is 0.0658 e. The highest BCUT2D eigenvalue weighted by molar-refractivity contribution is 9.11. The van der Waals surface area contributed by atoms with Crippen molar-refractivity contribution in [2.24, 2.45) is 0 Å². The summed E-state index contributed by atoms with van der Waals surface area (Å²) in [5.41, 5.74) is 1.20. The Labute approximate surface area is 101 Å². The summed E-state index contributed by atoms with van der Waals surface area (Å²) in [5, 5.41) is 3.21. The van der Waals surface area contributed by atoms with Gasteiger partial charge in [-0.05, 0) is 30.8 Å². The van der Waals surface area contributed by atoms with Crippen molar-refractivity contribution >= 4 is 31.9 Å². The molecule has 14 heavy (non-hydrogen) atoms. The van der Waals surface area contributed by atoms with Gasteiger partial charge in [-0.2, -0.15) is 0 Å². The molecule has 1 aromatic rings. The predicted octanol–water partition coefficient (Wildman–Crippen LogP) is 3.12. The zero-order valence-electron chi connectivity index (χ0n) is 8.18. The first-order valence-electron chi connectivity index (χ1n) is 4.30. The molecule has 4 heteroatoms. The fourth-order valence-electron chi connectivity index (χ4n) is 1.28. The molecule has 0 aliphatic carbocycles. The smallest absolute Gasteiger partial charge is 0.0658 e. The van der Waals surface area contributed by atoms with Gasteiger partial charge < -0.3 is 10.1 Å². The molecule has 0 aliphatic heterocycles. The van der Waals surface area contributed by atoms with Crippen LogP contribution >= 0.6 is 31.9 Å². The fraction of sp³-hybridized carbons (Fsp3) is 0.400. The second-order valence-electron chi connectivity index (χ2n) is 2.96. The molecule has 78 valence electrons. The van der Waals surface area contributed by atoms with Crippen molar-refractivity contribution in [1.29, 1.82) is 0 Å². The molecule has 0 aliphatic rings. The maximum absolute atomic E-state index is 5.15. The first-order valence-corrected chi connectivity index (χ1v) is 5.88. The molecule has 0 saturated heterocycles. The Balaban J connectivity index is 2.96. The SMILES string of the molecule is CNC(COC)c1cc(Br)ccc1Br. The van der Waals surface area contributed by atoms with Gasteiger partial charge in [-0.1, -0.05) is 31.9 Å². The molecule has 0 heterocycles. The largest absolute Gasteiger partial charge is 0.383 e. The average Bonchev–Trinajstić information content (AvgIpc) is 2.18. The van der Waals surface area contributed by atoms with Crippen LogP contribution in [0.1, 0.15) is 11.6 Å². The van der Waals surface area contributed by atoms with Crippen molar-refractivity contribution in [2.75, 3.05) is 20.8 Å². The van der Waals surface area contributed by atoms with Crippen LogP contribution in [-0.2, 0) is 4.74 Å². The lowest BCUT2D eigenvalue weighted by molar-refractivity contribution is 0.170. The summed E-state index contributed by atoms with van der Waals surface area (Å²) in [6.07, 6.45) is 0. The molecule has 0 bridgehead atoms. The summed E-state index contributed by atoms with van der Waals surface area (Å²) in [6, 6.07) is 6.34. The lowest BCUT2D eigenvalue weighted by Crippen LogP contribution is -2.21. The second-order valence-corrected chi connectivity index (χ2v) is 4.73. The van der Waals surface area contributed by atoms with Gasteiger partial charge in [-0.25, -0.2) is 0 Å². The zero-order chi connectivity index (χ0) is 10.6. The molecule has 2 nitrogen and oxygen atoms in total. The fourth-order valence-corrected chi connectivity index (χ4v) is 2.18. The normalized spacial score (nSPS) is 12.9. The van der Waals surface area contributed by atoms with E-state index >= 15 is 0 Å². The lowest BCUT2D eigenvalue weighted by atomic mass is 10.1. The van der Waals surface area contributed by atoms with E-state index in [1.54, 1.807) is 7.11 Å². The van der Waals surface area contributed by atoms with Crippen molar-refractivity contribution in [2.45, 2.75) is 6.04 Å². The van der Waals surface area contributed by atoms with Gasteiger partial charge in [0.25, 0.3) is 0 Å². The quantitative estimate of drug-likeness (QED) is 0.919. The van der Waals surface area contributed by atoms with Crippen LogP contribution in [0.5, 0.6) is 0 Å². The molecule has 1 unspecified atom stereocenters. The number of ether oxygens (including phenoxy) is 1. The van der Waals surface area contributed by atoms with Crippen molar-refractivity contribution in [1.82, 2.24) is 5.32 Å². The van der Waals surface area contributed by atoms with Crippen LogP contribution in [0.25, 0.3) is 0 Å². The third-order valence-corrected chi connectivity index (χ3v) is 3.23. The number of halogens is 2. The molecule has 0 fully saturated rings. The van der Waals surface area contributed by atoms with Gasteiger partial charge in [0.2, 0.25) is 0 Å². The monoisotopic (exact) mass is 321 g/mol. The Morgan fingerprint density at radius 2 is 2.14 bits per heavy atom. The summed E-state index contributed by atoms with van der Waals surface area (Å²) in [7, 11) is 3.63. The Bertz CT molecular complexity index is 304. The molecule has 1 rings (SSSR count). The molecule has 0 saturated carbocycles. The van der Waals surface area contributed by atoms with Crippen molar-refractivity contribution in [3.05, 3.63) is 32.7 Å². The van der Waals surface area contributed by atoms with Crippen molar-refractivity contribution in [3.8, 4) is 0 Å². The van der Waals surface area contributed by atoms with E-state index in [1.165, 1.54) is 5.56 Å². The van der Waals surface area contributed by atoms with Crippen molar-refractivity contribution in [3.63, 3.8) is 0 Å². The second kappa shape index (κ2) is 5.85. The number of nitrogens with one attached hydrogen (secondary N) is 1. The van der Waals surface area contributed by atoms with Crippen LogP contribution in [0.3, 0.4) is 0 Å². The molecule has 0 spiro atoms. The first kappa shape index (κ1) is 12.2. The van der Waals surface area contributed by atoms with E-state index in [1.807, 2.05) is 19.2 Å². The first-order chi connectivity index (χ1) is 6.69. The van der Waals surface area contributed by atoms with Crippen LogP contribution in [0.15, 0.2) is 27.1 Å². The van der Waals surface area contributed by atoms with Crippen LogP contribution in [0.4, 0.5) is 0 Å². The van der Waals surface area contributed by atoms with Gasteiger partial charge in [0.05, 0.1) is 12.6 Å². The van der Waals surface area contributed by atoms with Gasteiger partial charge in [0.1, 0.15) is 0 Å². The van der Waals surface area contributed by atoms with Gasteiger partial charge >= 0.3 is 0 Å². The molecule has 1 N–H and O–H groups in total. The minimum atomic E-state index is 0.215. The van der Waals surface area contributed by atoms with E-state index < -0.39 is 0 Å². The zero-order valence-corrected chi connectivity index (χ0v) is 11.4. The Morgan fingerprint density at radius 3 is 2.71 bits per heavy atom. The van der Waals surface area contributed by atoms with E-state index in [-0.39, 0.29) is 6.04 Å². The Morgan fingerprint density at radius 1 is 1.43 bits per heavy atom. The number of benzene rings is 1. The average molecular weight is 323 g/mol. The summed E-state index contributed by atoms with van der Waals surface area (Å²) >= 11 is 6.98. The van der Waals surface area contributed by atoms with E-state index in [9.17, 15) is 0 Å². The molecule has 0 amide bonds. The molecular formula is C10H13Br2NO. The summed E-state index contributed by atoms with van der Waals surface area (Å²) in [5.74, 6) is 0.